The lowest BCUT2D eigenvalue weighted by molar-refractivity contribution is 0.162. The summed E-state index contributed by atoms with van der Waals surface area (Å²) >= 11 is 0. The highest BCUT2D eigenvalue weighted by Gasteiger charge is 2.18. The Morgan fingerprint density at radius 3 is 2.65 bits per heavy atom. The molecule has 0 radical (unpaired) electrons. The number of likely N-dealkylation sites (N-methyl/N-ethyl adjacent to an activating group) is 1. The third-order valence-corrected chi connectivity index (χ3v) is 3.84. The molecule has 1 rings (SSSR count). The summed E-state index contributed by atoms with van der Waals surface area (Å²) in [6.45, 7) is 11.2. The van der Waals surface area contributed by atoms with Gasteiger partial charge in [0.2, 0.25) is 0 Å². The highest BCUT2D eigenvalue weighted by molar-refractivity contribution is 5.80. The van der Waals surface area contributed by atoms with Crippen LogP contribution in [-0.2, 0) is 4.74 Å². The molecular formula is C15H32N4O. The Bertz CT molecular complexity index is 275. The highest BCUT2D eigenvalue weighted by Crippen LogP contribution is 2.15. The molecule has 5 nitrogen and oxygen atoms in total. The van der Waals surface area contributed by atoms with Gasteiger partial charge < -0.3 is 19.9 Å². The number of methoxy groups -OCH3 is 1. The van der Waals surface area contributed by atoms with E-state index in [0.29, 0.717) is 0 Å². The zero-order valence-electron chi connectivity index (χ0n) is 13.7. The van der Waals surface area contributed by atoms with Gasteiger partial charge >= 0.3 is 0 Å². The fraction of sp³-hybridized carbons (Fsp3) is 0.933. The van der Waals surface area contributed by atoms with E-state index >= 15 is 0 Å². The van der Waals surface area contributed by atoms with Gasteiger partial charge in [0.05, 0.1) is 13.2 Å². The van der Waals surface area contributed by atoms with Crippen molar-refractivity contribution in [1.82, 2.24) is 15.1 Å². The summed E-state index contributed by atoms with van der Waals surface area (Å²) in [5.41, 5.74) is 0. The van der Waals surface area contributed by atoms with Crippen molar-refractivity contribution in [3.63, 3.8) is 0 Å². The lowest BCUT2D eigenvalue weighted by Gasteiger charge is -2.33. The summed E-state index contributed by atoms with van der Waals surface area (Å²) in [7, 11) is 3.86. The molecule has 0 saturated carbocycles. The summed E-state index contributed by atoms with van der Waals surface area (Å²) in [6.07, 6.45) is 2.55. The number of nitrogens with one attached hydrogen (secondary N) is 1. The Morgan fingerprint density at radius 1 is 1.35 bits per heavy atom. The third kappa shape index (κ3) is 6.57. The van der Waals surface area contributed by atoms with Crippen LogP contribution in [-0.4, -0.2) is 75.8 Å². The average Bonchev–Trinajstić information content (AvgIpc) is 2.45. The number of aliphatic imine (C=N–C) groups is 1. The van der Waals surface area contributed by atoms with Crippen LogP contribution in [0.15, 0.2) is 4.99 Å². The maximum atomic E-state index is 5.09. The van der Waals surface area contributed by atoms with Crippen molar-refractivity contribution in [2.24, 2.45) is 10.9 Å². The van der Waals surface area contributed by atoms with E-state index in [9.17, 15) is 0 Å². The van der Waals surface area contributed by atoms with Crippen LogP contribution >= 0.6 is 0 Å². The fourth-order valence-corrected chi connectivity index (χ4v) is 2.33. The average molecular weight is 284 g/mol. The number of nitrogens with zero attached hydrogens (tertiary/aromatic N) is 3. The van der Waals surface area contributed by atoms with Gasteiger partial charge in [-0.15, -0.1) is 0 Å². The van der Waals surface area contributed by atoms with Gasteiger partial charge in [-0.05, 0) is 32.7 Å². The van der Waals surface area contributed by atoms with Crippen molar-refractivity contribution >= 4 is 5.96 Å². The Labute approximate surface area is 124 Å². The molecule has 0 amide bonds. The van der Waals surface area contributed by atoms with E-state index in [0.717, 1.165) is 57.8 Å². The van der Waals surface area contributed by atoms with Crippen LogP contribution in [0.1, 0.15) is 26.7 Å². The van der Waals surface area contributed by atoms with Gasteiger partial charge in [0.15, 0.2) is 5.96 Å². The van der Waals surface area contributed by atoms with Gasteiger partial charge in [0.25, 0.3) is 0 Å². The quantitative estimate of drug-likeness (QED) is 0.564. The molecule has 0 bridgehead atoms. The Morgan fingerprint density at radius 2 is 2.05 bits per heavy atom. The lowest BCUT2D eigenvalue weighted by atomic mass is 10.00. The van der Waals surface area contributed by atoms with Crippen molar-refractivity contribution < 1.29 is 4.74 Å². The maximum Gasteiger partial charge on any atom is 0.193 e. The summed E-state index contributed by atoms with van der Waals surface area (Å²) in [4.78, 5) is 9.42. The minimum atomic E-state index is 0.782. The molecule has 0 unspecified atom stereocenters. The van der Waals surface area contributed by atoms with Crippen molar-refractivity contribution in [3.05, 3.63) is 0 Å². The Kier molecular flexibility index (Phi) is 8.62. The van der Waals surface area contributed by atoms with Crippen molar-refractivity contribution in [1.29, 1.82) is 0 Å². The van der Waals surface area contributed by atoms with E-state index in [2.05, 4.69) is 36.0 Å². The minimum Gasteiger partial charge on any atom is -0.383 e. The molecule has 0 aromatic carbocycles. The summed E-state index contributed by atoms with van der Waals surface area (Å²) in [5.74, 6) is 1.94. The molecule has 20 heavy (non-hydrogen) atoms. The molecule has 0 atom stereocenters. The molecule has 0 aliphatic carbocycles. The predicted molar refractivity (Wildman–Crippen MR) is 85.3 cm³/mol. The largest absolute Gasteiger partial charge is 0.383 e. The number of hydrogen-bond acceptors (Lipinski definition) is 3. The molecule has 118 valence electrons. The topological polar surface area (TPSA) is 40.1 Å². The zero-order chi connectivity index (χ0) is 14.8. The van der Waals surface area contributed by atoms with Gasteiger partial charge in [-0.1, -0.05) is 6.92 Å². The fourth-order valence-electron chi connectivity index (χ4n) is 2.33. The standard InChI is InChI=1S/C15H32N4O/c1-5-16-15(19-9-6-14(2)7-10-19)17-8-11-18(3)12-13-20-4/h14H,5-13H2,1-4H3,(H,16,17). The lowest BCUT2D eigenvalue weighted by Crippen LogP contribution is -2.45. The minimum absolute atomic E-state index is 0.782. The second-order valence-electron chi connectivity index (χ2n) is 5.70. The first-order valence-corrected chi connectivity index (χ1v) is 7.88. The predicted octanol–water partition coefficient (Wildman–Crippen LogP) is 1.26. The van der Waals surface area contributed by atoms with Gasteiger partial charge in [-0.3, -0.25) is 4.99 Å². The molecule has 1 aliphatic rings. The Hall–Kier alpha value is -0.810. The molecule has 1 fully saturated rings. The van der Waals surface area contributed by atoms with Gasteiger partial charge in [0, 0.05) is 39.8 Å². The summed E-state index contributed by atoms with van der Waals surface area (Å²) < 4.78 is 5.09. The first-order valence-electron chi connectivity index (χ1n) is 7.88. The number of hydrogen-bond donors (Lipinski definition) is 1. The van der Waals surface area contributed by atoms with E-state index < -0.39 is 0 Å². The summed E-state index contributed by atoms with van der Waals surface area (Å²) in [6, 6.07) is 0. The summed E-state index contributed by atoms with van der Waals surface area (Å²) in [5, 5.41) is 3.42. The molecule has 0 aromatic rings. The van der Waals surface area contributed by atoms with Crippen LogP contribution in [0.5, 0.6) is 0 Å². The normalized spacial score (nSPS) is 17.9. The van der Waals surface area contributed by atoms with Gasteiger partial charge in [-0.2, -0.15) is 0 Å². The first kappa shape index (κ1) is 17.2. The monoisotopic (exact) mass is 284 g/mol. The van der Waals surface area contributed by atoms with Crippen LogP contribution in [0.2, 0.25) is 0 Å². The SMILES string of the molecule is CCNC(=NCCN(C)CCOC)N1CCC(C)CC1. The van der Waals surface area contributed by atoms with Crippen LogP contribution in [0, 0.1) is 5.92 Å². The maximum absolute atomic E-state index is 5.09. The number of likely N-dealkylation sites (tertiary alicyclic amines) is 1. The number of piperidine rings is 1. The molecule has 0 aromatic heterocycles. The van der Waals surface area contributed by atoms with Crippen LogP contribution < -0.4 is 5.32 Å². The van der Waals surface area contributed by atoms with E-state index in [1.54, 1.807) is 7.11 Å². The molecule has 5 heteroatoms. The molecule has 1 saturated heterocycles. The van der Waals surface area contributed by atoms with E-state index in [4.69, 9.17) is 9.73 Å². The molecular weight excluding hydrogens is 252 g/mol. The van der Waals surface area contributed by atoms with Gasteiger partial charge in [0.1, 0.15) is 0 Å². The number of guanidine groups is 1. The zero-order valence-corrected chi connectivity index (χ0v) is 13.7. The van der Waals surface area contributed by atoms with Crippen LogP contribution in [0.25, 0.3) is 0 Å². The first-order chi connectivity index (χ1) is 9.67. The number of ether oxygens (including phenoxy) is 1. The van der Waals surface area contributed by atoms with E-state index in [-0.39, 0.29) is 0 Å². The van der Waals surface area contributed by atoms with Crippen LogP contribution in [0.3, 0.4) is 0 Å². The molecule has 1 N–H and O–H groups in total. The third-order valence-electron chi connectivity index (χ3n) is 3.84. The number of rotatable bonds is 7. The van der Waals surface area contributed by atoms with Crippen molar-refractivity contribution in [2.45, 2.75) is 26.7 Å². The smallest absolute Gasteiger partial charge is 0.193 e. The van der Waals surface area contributed by atoms with E-state index in [1.165, 1.54) is 12.8 Å². The second kappa shape index (κ2) is 10.00. The Balaban J connectivity index is 2.38. The molecule has 1 heterocycles. The van der Waals surface area contributed by atoms with Gasteiger partial charge in [-0.25, -0.2) is 0 Å². The van der Waals surface area contributed by atoms with Crippen molar-refractivity contribution in [3.8, 4) is 0 Å². The molecule has 0 spiro atoms. The second-order valence-corrected chi connectivity index (χ2v) is 5.70. The van der Waals surface area contributed by atoms with Crippen molar-refractivity contribution in [2.75, 3.05) is 60.0 Å². The highest BCUT2D eigenvalue weighted by atomic mass is 16.5. The molecule has 1 aliphatic heterocycles. The van der Waals surface area contributed by atoms with Crippen LogP contribution in [0.4, 0.5) is 0 Å². The van der Waals surface area contributed by atoms with E-state index in [1.807, 2.05) is 0 Å².